The molecule has 1 aliphatic rings. The Kier molecular flexibility index (Phi) is 10.9. The number of hydrogen-bond donors (Lipinski definition) is 2. The van der Waals surface area contributed by atoms with Crippen LogP contribution in [-0.4, -0.2) is 69.1 Å². The molecule has 2 amide bonds. The summed E-state index contributed by atoms with van der Waals surface area (Å²) >= 11 is 0. The molecule has 0 bridgehead atoms. The number of hydrogen-bond acceptors (Lipinski definition) is 6. The lowest BCUT2D eigenvalue weighted by Crippen LogP contribution is -2.34. The molecule has 0 spiro atoms. The van der Waals surface area contributed by atoms with Crippen molar-refractivity contribution in [3.05, 3.63) is 65.2 Å². The smallest absolute Gasteiger partial charge is 0.329 e. The Morgan fingerprint density at radius 1 is 0.833 bits per heavy atom. The van der Waals surface area contributed by atoms with Crippen LogP contribution >= 0.6 is 0 Å². The maximum absolute atomic E-state index is 13.1. The summed E-state index contributed by atoms with van der Waals surface area (Å²) in [6.07, 6.45) is 0.151. The Morgan fingerprint density at radius 2 is 1.47 bits per heavy atom. The molecule has 0 fully saturated rings. The van der Waals surface area contributed by atoms with Crippen molar-refractivity contribution in [1.29, 1.82) is 0 Å². The molecule has 9 heteroatoms. The van der Waals surface area contributed by atoms with Crippen LogP contribution in [0.1, 0.15) is 29.5 Å². The predicted octanol–water partition coefficient (Wildman–Crippen LogP) is 1.96. The summed E-state index contributed by atoms with van der Waals surface area (Å²) in [4.78, 5) is 37.4. The highest BCUT2D eigenvalue weighted by molar-refractivity contribution is 5.96. The van der Waals surface area contributed by atoms with Crippen LogP contribution in [0.25, 0.3) is 0 Å². The van der Waals surface area contributed by atoms with Crippen LogP contribution in [0.4, 0.5) is 5.69 Å². The standard InChI is InChI=1S/C27H30N2O7/c30-25(28-13-14-34-15-16-35-17-18-36-20-27(32)33)11-12-26(31)29-19-23-7-2-1-5-21(23)9-10-22-6-3-4-8-24(22)29/h1-8H,11-20H2,(H,28,30)(H,32,33). The Bertz CT molecular complexity index is 1110. The van der Waals surface area contributed by atoms with E-state index in [1.807, 2.05) is 48.5 Å². The van der Waals surface area contributed by atoms with Gasteiger partial charge in [0.2, 0.25) is 11.8 Å². The molecule has 3 rings (SSSR count). The van der Waals surface area contributed by atoms with Crippen LogP contribution in [0.3, 0.4) is 0 Å². The summed E-state index contributed by atoms with van der Waals surface area (Å²) in [7, 11) is 0. The van der Waals surface area contributed by atoms with E-state index in [4.69, 9.17) is 19.3 Å². The van der Waals surface area contributed by atoms with E-state index >= 15 is 0 Å². The first-order valence-electron chi connectivity index (χ1n) is 11.8. The van der Waals surface area contributed by atoms with Gasteiger partial charge in [0.15, 0.2) is 0 Å². The zero-order valence-electron chi connectivity index (χ0n) is 20.0. The van der Waals surface area contributed by atoms with Gasteiger partial charge in [0.25, 0.3) is 0 Å². The van der Waals surface area contributed by atoms with E-state index < -0.39 is 5.97 Å². The average molecular weight is 495 g/mol. The van der Waals surface area contributed by atoms with Gasteiger partial charge in [-0.25, -0.2) is 4.79 Å². The number of anilines is 1. The van der Waals surface area contributed by atoms with Crippen LogP contribution in [0, 0.1) is 11.8 Å². The number of carbonyl (C=O) groups is 3. The number of ether oxygens (including phenoxy) is 3. The summed E-state index contributed by atoms with van der Waals surface area (Å²) in [5, 5.41) is 11.2. The van der Waals surface area contributed by atoms with Gasteiger partial charge in [0.05, 0.1) is 45.3 Å². The first-order chi connectivity index (χ1) is 17.5. The molecular formula is C27H30N2O7. The molecule has 0 radical (unpaired) electrons. The molecule has 2 aromatic rings. The van der Waals surface area contributed by atoms with Gasteiger partial charge < -0.3 is 29.5 Å². The third-order valence-electron chi connectivity index (χ3n) is 5.28. The van der Waals surface area contributed by atoms with Crippen molar-refractivity contribution < 1.29 is 33.7 Å². The predicted molar refractivity (Wildman–Crippen MR) is 132 cm³/mol. The fourth-order valence-corrected chi connectivity index (χ4v) is 3.51. The van der Waals surface area contributed by atoms with Crippen molar-refractivity contribution >= 4 is 23.5 Å². The van der Waals surface area contributed by atoms with Crippen molar-refractivity contribution in [2.75, 3.05) is 51.1 Å². The summed E-state index contributed by atoms with van der Waals surface area (Å²) in [5.74, 6) is 4.97. The third kappa shape index (κ3) is 8.82. The van der Waals surface area contributed by atoms with E-state index in [1.165, 1.54) is 0 Å². The van der Waals surface area contributed by atoms with Gasteiger partial charge in [-0.3, -0.25) is 9.59 Å². The van der Waals surface area contributed by atoms with Crippen LogP contribution < -0.4 is 10.2 Å². The molecule has 0 aromatic heterocycles. The molecule has 9 nitrogen and oxygen atoms in total. The minimum atomic E-state index is -1.02. The average Bonchev–Trinajstić information content (AvgIpc) is 2.87. The van der Waals surface area contributed by atoms with Gasteiger partial charge in [0, 0.05) is 30.5 Å². The quantitative estimate of drug-likeness (QED) is 0.305. The molecular weight excluding hydrogens is 464 g/mol. The largest absolute Gasteiger partial charge is 0.480 e. The third-order valence-corrected chi connectivity index (χ3v) is 5.28. The van der Waals surface area contributed by atoms with Crippen LogP contribution in [0.5, 0.6) is 0 Å². The number of carbonyl (C=O) groups excluding carboxylic acids is 2. The number of rotatable bonds is 14. The Labute approximate surface area is 210 Å². The fraction of sp³-hybridized carbons (Fsp3) is 0.370. The molecule has 0 atom stereocenters. The van der Waals surface area contributed by atoms with E-state index in [0.717, 1.165) is 22.4 Å². The van der Waals surface area contributed by atoms with E-state index in [2.05, 4.69) is 17.2 Å². The van der Waals surface area contributed by atoms with Crippen molar-refractivity contribution in [3.63, 3.8) is 0 Å². The number of aliphatic carboxylic acids is 1. The van der Waals surface area contributed by atoms with Gasteiger partial charge in [-0.2, -0.15) is 0 Å². The number of fused-ring (bicyclic) bond motifs is 2. The lowest BCUT2D eigenvalue weighted by molar-refractivity contribution is -0.142. The van der Waals surface area contributed by atoms with Crippen LogP contribution in [-0.2, 0) is 35.1 Å². The van der Waals surface area contributed by atoms with Gasteiger partial charge in [-0.1, -0.05) is 42.2 Å². The Hall–Kier alpha value is -3.71. The minimum Gasteiger partial charge on any atom is -0.480 e. The van der Waals surface area contributed by atoms with Gasteiger partial charge in [-0.15, -0.1) is 0 Å². The second-order valence-corrected chi connectivity index (χ2v) is 7.93. The number of nitrogens with one attached hydrogen (secondary N) is 1. The number of para-hydroxylation sites is 1. The van der Waals surface area contributed by atoms with E-state index in [9.17, 15) is 14.4 Å². The SMILES string of the molecule is O=C(O)COCCOCCOCCNC(=O)CCC(=O)N1Cc2ccccc2C#Cc2ccccc21. The Balaban J connectivity index is 1.37. The number of benzene rings is 2. The normalized spacial score (nSPS) is 11.8. The second kappa shape index (κ2) is 14.6. The molecule has 2 aromatic carbocycles. The topological polar surface area (TPSA) is 114 Å². The van der Waals surface area contributed by atoms with E-state index in [-0.39, 0.29) is 44.5 Å². The lowest BCUT2D eigenvalue weighted by Gasteiger charge is -2.26. The second-order valence-electron chi connectivity index (χ2n) is 7.93. The first-order valence-corrected chi connectivity index (χ1v) is 11.8. The monoisotopic (exact) mass is 494 g/mol. The highest BCUT2D eigenvalue weighted by atomic mass is 16.5. The fourth-order valence-electron chi connectivity index (χ4n) is 3.51. The van der Waals surface area contributed by atoms with Crippen molar-refractivity contribution in [2.24, 2.45) is 0 Å². The molecule has 2 N–H and O–H groups in total. The number of carboxylic acids is 1. The van der Waals surface area contributed by atoms with Crippen molar-refractivity contribution in [3.8, 4) is 11.8 Å². The minimum absolute atomic E-state index is 0.0737. The lowest BCUT2D eigenvalue weighted by atomic mass is 10.0. The van der Waals surface area contributed by atoms with E-state index in [0.29, 0.717) is 32.9 Å². The molecule has 36 heavy (non-hydrogen) atoms. The first kappa shape index (κ1) is 26.9. The zero-order chi connectivity index (χ0) is 25.6. The van der Waals surface area contributed by atoms with Crippen molar-refractivity contribution in [1.82, 2.24) is 5.32 Å². The van der Waals surface area contributed by atoms with Crippen LogP contribution in [0.2, 0.25) is 0 Å². The number of amides is 2. The highest BCUT2D eigenvalue weighted by Crippen LogP contribution is 2.26. The Morgan fingerprint density at radius 3 is 2.25 bits per heavy atom. The summed E-state index contributed by atoms with van der Waals surface area (Å²) < 4.78 is 15.5. The van der Waals surface area contributed by atoms with Gasteiger partial charge in [-0.05, 0) is 23.8 Å². The van der Waals surface area contributed by atoms with E-state index in [1.54, 1.807) is 4.90 Å². The maximum atomic E-state index is 13.1. The van der Waals surface area contributed by atoms with Gasteiger partial charge >= 0.3 is 5.97 Å². The summed E-state index contributed by atoms with van der Waals surface area (Å²) in [6, 6.07) is 15.3. The number of nitrogens with zero attached hydrogens (tertiary/aromatic N) is 1. The van der Waals surface area contributed by atoms with Crippen molar-refractivity contribution in [2.45, 2.75) is 19.4 Å². The number of carboxylic acid groups (broad SMARTS) is 1. The summed E-state index contributed by atoms with van der Waals surface area (Å²) in [5.41, 5.74) is 3.37. The molecule has 0 saturated heterocycles. The van der Waals surface area contributed by atoms with Gasteiger partial charge in [0.1, 0.15) is 6.61 Å². The van der Waals surface area contributed by atoms with Crippen LogP contribution in [0.15, 0.2) is 48.5 Å². The molecule has 0 unspecified atom stereocenters. The molecule has 0 saturated carbocycles. The molecule has 1 heterocycles. The molecule has 1 aliphatic heterocycles. The summed E-state index contributed by atoms with van der Waals surface area (Å²) in [6.45, 7) is 1.83. The maximum Gasteiger partial charge on any atom is 0.329 e. The highest BCUT2D eigenvalue weighted by Gasteiger charge is 2.21. The zero-order valence-corrected chi connectivity index (χ0v) is 20.0. The molecule has 0 aliphatic carbocycles. The molecule has 190 valence electrons.